The van der Waals surface area contributed by atoms with Crippen molar-refractivity contribution in [3.63, 3.8) is 0 Å². The largest absolute Gasteiger partial charge is 0.330 e. The van der Waals surface area contributed by atoms with Crippen molar-refractivity contribution < 1.29 is 9.59 Å². The highest BCUT2D eigenvalue weighted by Gasteiger charge is 2.27. The zero-order valence-electron chi connectivity index (χ0n) is 12.1. The Labute approximate surface area is 120 Å². The van der Waals surface area contributed by atoms with Gasteiger partial charge in [-0.05, 0) is 12.8 Å². The van der Waals surface area contributed by atoms with Gasteiger partial charge in [-0.15, -0.1) is 0 Å². The number of nitrogens with zero attached hydrogens (tertiary/aromatic N) is 4. The minimum Gasteiger partial charge on any atom is -0.330 e. The van der Waals surface area contributed by atoms with E-state index in [0.717, 1.165) is 78.3 Å². The number of likely N-dealkylation sites (tertiary alicyclic amines) is 2. The van der Waals surface area contributed by atoms with Crippen LogP contribution in [-0.4, -0.2) is 84.0 Å². The Balaban J connectivity index is 1.40. The molecule has 112 valence electrons. The molecular formula is C14H24N4O2. The summed E-state index contributed by atoms with van der Waals surface area (Å²) in [6.07, 6.45) is 3.46. The molecule has 0 aromatic heterocycles. The van der Waals surface area contributed by atoms with Gasteiger partial charge < -0.3 is 9.80 Å². The minimum atomic E-state index is 0.301. The van der Waals surface area contributed by atoms with Crippen molar-refractivity contribution in [1.29, 1.82) is 0 Å². The topological polar surface area (TPSA) is 47.1 Å². The first-order valence-corrected chi connectivity index (χ1v) is 7.72. The van der Waals surface area contributed by atoms with Gasteiger partial charge in [0, 0.05) is 52.1 Å². The predicted molar refractivity (Wildman–Crippen MR) is 74.8 cm³/mol. The average molecular weight is 280 g/mol. The van der Waals surface area contributed by atoms with E-state index in [0.29, 0.717) is 11.8 Å². The summed E-state index contributed by atoms with van der Waals surface area (Å²) in [6.45, 7) is 7.38. The summed E-state index contributed by atoms with van der Waals surface area (Å²) >= 11 is 0. The van der Waals surface area contributed by atoms with Crippen LogP contribution in [0.3, 0.4) is 0 Å². The van der Waals surface area contributed by atoms with Crippen molar-refractivity contribution in [1.82, 2.24) is 19.6 Å². The monoisotopic (exact) mass is 280 g/mol. The molecule has 0 N–H and O–H groups in total. The molecule has 0 unspecified atom stereocenters. The number of carbonyl (C=O) groups excluding carboxylic acids is 2. The van der Waals surface area contributed by atoms with Crippen LogP contribution < -0.4 is 0 Å². The minimum absolute atomic E-state index is 0.301. The lowest BCUT2D eigenvalue weighted by Gasteiger charge is -2.38. The molecule has 2 amide bonds. The Morgan fingerprint density at radius 2 is 1.05 bits per heavy atom. The first-order valence-electron chi connectivity index (χ1n) is 7.72. The maximum Gasteiger partial charge on any atom is 0.223 e. The molecule has 0 aliphatic carbocycles. The first kappa shape index (κ1) is 13.8. The van der Waals surface area contributed by atoms with Crippen molar-refractivity contribution in [2.75, 3.05) is 52.6 Å². The maximum atomic E-state index is 11.6. The Hall–Kier alpha value is -1.14. The number of piperazine rings is 1. The third-order valence-corrected chi connectivity index (χ3v) is 4.55. The van der Waals surface area contributed by atoms with Crippen molar-refractivity contribution >= 4 is 11.8 Å². The lowest BCUT2D eigenvalue weighted by atomic mass is 10.3. The van der Waals surface area contributed by atoms with Gasteiger partial charge in [0.2, 0.25) is 11.8 Å². The third-order valence-electron chi connectivity index (χ3n) is 4.55. The molecule has 3 aliphatic rings. The van der Waals surface area contributed by atoms with Crippen LogP contribution in [0.25, 0.3) is 0 Å². The molecule has 0 aromatic carbocycles. The summed E-state index contributed by atoms with van der Waals surface area (Å²) < 4.78 is 0. The van der Waals surface area contributed by atoms with E-state index in [4.69, 9.17) is 0 Å². The van der Waals surface area contributed by atoms with E-state index >= 15 is 0 Å². The molecule has 3 saturated heterocycles. The summed E-state index contributed by atoms with van der Waals surface area (Å²) in [4.78, 5) is 31.9. The normalized spacial score (nSPS) is 26.0. The molecule has 3 rings (SSSR count). The highest BCUT2D eigenvalue weighted by Crippen LogP contribution is 2.14. The highest BCUT2D eigenvalue weighted by molar-refractivity contribution is 5.78. The standard InChI is InChI=1S/C14H24N4O2/c19-13-3-1-5-17(13)11-15-7-9-16(10-8-15)12-18-6-2-4-14(18)20/h1-12H2. The molecule has 6 heteroatoms. The van der Waals surface area contributed by atoms with Crippen LogP contribution in [0.4, 0.5) is 0 Å². The van der Waals surface area contributed by atoms with Crippen molar-refractivity contribution in [3.05, 3.63) is 0 Å². The SMILES string of the molecule is O=C1CCCN1CN1CCN(CN2CCCC2=O)CC1. The van der Waals surface area contributed by atoms with Crippen molar-refractivity contribution in [2.45, 2.75) is 25.7 Å². The number of carbonyl (C=O) groups is 2. The van der Waals surface area contributed by atoms with Crippen LogP contribution >= 0.6 is 0 Å². The van der Waals surface area contributed by atoms with Gasteiger partial charge in [0.1, 0.15) is 0 Å². The summed E-state index contributed by atoms with van der Waals surface area (Å²) in [7, 11) is 0. The van der Waals surface area contributed by atoms with E-state index in [1.54, 1.807) is 0 Å². The van der Waals surface area contributed by atoms with Crippen LogP contribution in [0.5, 0.6) is 0 Å². The van der Waals surface area contributed by atoms with E-state index in [9.17, 15) is 9.59 Å². The van der Waals surface area contributed by atoms with Gasteiger partial charge in [-0.1, -0.05) is 0 Å². The lowest BCUT2D eigenvalue weighted by Crippen LogP contribution is -2.52. The third kappa shape index (κ3) is 3.12. The van der Waals surface area contributed by atoms with Crippen LogP contribution in [0, 0.1) is 0 Å². The smallest absolute Gasteiger partial charge is 0.223 e. The fourth-order valence-electron chi connectivity index (χ4n) is 3.26. The van der Waals surface area contributed by atoms with Gasteiger partial charge in [-0.25, -0.2) is 0 Å². The molecule has 0 radical (unpaired) electrons. The van der Waals surface area contributed by atoms with Crippen LogP contribution in [-0.2, 0) is 9.59 Å². The molecule has 0 spiro atoms. The lowest BCUT2D eigenvalue weighted by molar-refractivity contribution is -0.132. The molecule has 3 heterocycles. The number of hydrogen-bond acceptors (Lipinski definition) is 4. The Bertz CT molecular complexity index is 343. The molecule has 0 bridgehead atoms. The maximum absolute atomic E-state index is 11.6. The van der Waals surface area contributed by atoms with Crippen molar-refractivity contribution in [3.8, 4) is 0 Å². The molecule has 0 aromatic rings. The molecular weight excluding hydrogens is 256 g/mol. The Morgan fingerprint density at radius 3 is 1.35 bits per heavy atom. The average Bonchev–Trinajstić information content (AvgIpc) is 3.02. The second-order valence-corrected chi connectivity index (χ2v) is 6.04. The van der Waals surface area contributed by atoms with E-state index in [1.165, 1.54) is 0 Å². The summed E-state index contributed by atoms with van der Waals surface area (Å²) in [5, 5.41) is 0. The highest BCUT2D eigenvalue weighted by atomic mass is 16.2. The van der Waals surface area contributed by atoms with Gasteiger partial charge in [-0.3, -0.25) is 19.4 Å². The van der Waals surface area contributed by atoms with Gasteiger partial charge in [-0.2, -0.15) is 0 Å². The van der Waals surface area contributed by atoms with E-state index in [2.05, 4.69) is 9.80 Å². The number of hydrogen-bond donors (Lipinski definition) is 0. The fourth-order valence-corrected chi connectivity index (χ4v) is 3.26. The summed E-state index contributed by atoms with van der Waals surface area (Å²) in [6, 6.07) is 0. The Kier molecular flexibility index (Phi) is 4.21. The quantitative estimate of drug-likeness (QED) is 0.713. The first-order chi connectivity index (χ1) is 9.72. The zero-order chi connectivity index (χ0) is 13.9. The molecule has 0 atom stereocenters. The second kappa shape index (κ2) is 6.10. The molecule has 6 nitrogen and oxygen atoms in total. The van der Waals surface area contributed by atoms with Gasteiger partial charge >= 0.3 is 0 Å². The molecule has 3 aliphatic heterocycles. The fraction of sp³-hybridized carbons (Fsp3) is 0.857. The van der Waals surface area contributed by atoms with Gasteiger partial charge in [0.15, 0.2) is 0 Å². The zero-order valence-corrected chi connectivity index (χ0v) is 12.1. The van der Waals surface area contributed by atoms with E-state index < -0.39 is 0 Å². The summed E-state index contributed by atoms with van der Waals surface area (Å²) in [5.74, 6) is 0.602. The van der Waals surface area contributed by atoms with Gasteiger partial charge in [0.05, 0.1) is 13.3 Å². The van der Waals surface area contributed by atoms with Crippen LogP contribution in [0.1, 0.15) is 25.7 Å². The second-order valence-electron chi connectivity index (χ2n) is 6.04. The van der Waals surface area contributed by atoms with Crippen LogP contribution in [0.15, 0.2) is 0 Å². The van der Waals surface area contributed by atoms with E-state index in [1.807, 2.05) is 9.80 Å². The number of rotatable bonds is 4. The summed E-state index contributed by atoms with van der Waals surface area (Å²) in [5.41, 5.74) is 0. The number of amides is 2. The molecule has 20 heavy (non-hydrogen) atoms. The molecule has 3 fully saturated rings. The predicted octanol–water partition coefficient (Wildman–Crippen LogP) is -0.236. The van der Waals surface area contributed by atoms with Gasteiger partial charge in [0.25, 0.3) is 0 Å². The van der Waals surface area contributed by atoms with E-state index in [-0.39, 0.29) is 0 Å². The van der Waals surface area contributed by atoms with Crippen LogP contribution in [0.2, 0.25) is 0 Å². The Morgan fingerprint density at radius 1 is 0.650 bits per heavy atom. The van der Waals surface area contributed by atoms with Crippen molar-refractivity contribution in [2.24, 2.45) is 0 Å². The molecule has 0 saturated carbocycles.